The normalized spacial score (nSPS) is 12.4. The molecule has 1 nitrogen and oxygen atoms in total. The molecular formula is C42H24O. The SMILES string of the molecule is c1cc(-c2ccc3c(c2)-c2cccc4c2c(cc2ccccc24)O3)cc(-c2ccc3ccc4cccc5ccc2c3c45)c1. The molecule has 0 spiro atoms. The van der Waals surface area contributed by atoms with E-state index in [1.165, 1.54) is 81.7 Å². The van der Waals surface area contributed by atoms with Crippen molar-refractivity contribution in [2.24, 2.45) is 0 Å². The molecule has 0 atom stereocenters. The maximum absolute atomic E-state index is 6.55. The Labute approximate surface area is 248 Å². The minimum atomic E-state index is 0.905. The van der Waals surface area contributed by atoms with E-state index in [9.17, 15) is 0 Å². The average molecular weight is 545 g/mol. The molecule has 10 rings (SSSR count). The van der Waals surface area contributed by atoms with Crippen molar-refractivity contribution < 1.29 is 4.74 Å². The minimum absolute atomic E-state index is 0.905. The number of rotatable bonds is 2. The van der Waals surface area contributed by atoms with Gasteiger partial charge < -0.3 is 4.74 Å². The van der Waals surface area contributed by atoms with E-state index in [1.54, 1.807) is 0 Å². The van der Waals surface area contributed by atoms with Crippen molar-refractivity contribution in [3.63, 3.8) is 0 Å². The van der Waals surface area contributed by atoms with Crippen LogP contribution in [0.1, 0.15) is 0 Å². The molecule has 0 N–H and O–H groups in total. The fourth-order valence-electron chi connectivity index (χ4n) is 7.41. The van der Waals surface area contributed by atoms with Crippen molar-refractivity contribution in [2.75, 3.05) is 0 Å². The molecule has 198 valence electrons. The third-order valence-corrected chi connectivity index (χ3v) is 9.37. The van der Waals surface area contributed by atoms with Gasteiger partial charge in [-0.2, -0.15) is 0 Å². The zero-order valence-electron chi connectivity index (χ0n) is 23.3. The van der Waals surface area contributed by atoms with E-state index in [1.807, 2.05) is 0 Å². The number of benzene rings is 9. The first kappa shape index (κ1) is 23.0. The summed E-state index contributed by atoms with van der Waals surface area (Å²) in [6, 6.07) is 53.1. The minimum Gasteiger partial charge on any atom is -0.456 e. The summed E-state index contributed by atoms with van der Waals surface area (Å²) in [6.45, 7) is 0. The topological polar surface area (TPSA) is 9.23 Å². The molecule has 1 aliphatic rings. The van der Waals surface area contributed by atoms with Crippen LogP contribution in [0.4, 0.5) is 0 Å². The van der Waals surface area contributed by atoms with Gasteiger partial charge in [0.2, 0.25) is 0 Å². The van der Waals surface area contributed by atoms with Gasteiger partial charge in [-0.1, -0.05) is 121 Å². The van der Waals surface area contributed by atoms with Crippen LogP contribution in [0.5, 0.6) is 11.5 Å². The van der Waals surface area contributed by atoms with Gasteiger partial charge in [0.15, 0.2) is 0 Å². The number of hydrogen-bond acceptors (Lipinski definition) is 1. The molecule has 0 fully saturated rings. The Hall–Kier alpha value is -5.66. The summed E-state index contributed by atoms with van der Waals surface area (Å²) in [5, 5.41) is 12.8. The van der Waals surface area contributed by atoms with Crippen LogP contribution >= 0.6 is 0 Å². The summed E-state index contributed by atoms with van der Waals surface area (Å²) in [5.74, 6) is 1.84. The van der Waals surface area contributed by atoms with Crippen molar-refractivity contribution >= 4 is 53.9 Å². The van der Waals surface area contributed by atoms with Gasteiger partial charge in [0, 0.05) is 10.9 Å². The van der Waals surface area contributed by atoms with Crippen molar-refractivity contribution in [1.29, 1.82) is 0 Å². The summed E-state index contributed by atoms with van der Waals surface area (Å²) >= 11 is 0. The highest BCUT2D eigenvalue weighted by molar-refractivity contribution is 6.25. The highest BCUT2D eigenvalue weighted by Crippen LogP contribution is 2.49. The molecule has 0 unspecified atom stereocenters. The van der Waals surface area contributed by atoms with Gasteiger partial charge in [0.25, 0.3) is 0 Å². The van der Waals surface area contributed by atoms with Gasteiger partial charge in [0.05, 0.1) is 0 Å². The largest absolute Gasteiger partial charge is 0.456 e. The Morgan fingerprint density at radius 1 is 0.302 bits per heavy atom. The lowest BCUT2D eigenvalue weighted by Gasteiger charge is -2.23. The zero-order valence-corrected chi connectivity index (χ0v) is 23.3. The summed E-state index contributed by atoms with van der Waals surface area (Å²) in [4.78, 5) is 0. The molecule has 0 bridgehead atoms. The summed E-state index contributed by atoms with van der Waals surface area (Å²) in [6.07, 6.45) is 0. The second kappa shape index (κ2) is 8.44. The van der Waals surface area contributed by atoms with Crippen LogP contribution in [0, 0.1) is 0 Å². The van der Waals surface area contributed by atoms with E-state index in [2.05, 4.69) is 146 Å². The molecule has 1 heteroatoms. The smallest absolute Gasteiger partial charge is 0.136 e. The molecule has 0 radical (unpaired) electrons. The van der Waals surface area contributed by atoms with Gasteiger partial charge in [-0.05, 0) is 101 Å². The van der Waals surface area contributed by atoms with Crippen LogP contribution in [-0.4, -0.2) is 0 Å². The molecule has 0 aromatic heterocycles. The van der Waals surface area contributed by atoms with E-state index in [0.29, 0.717) is 0 Å². The van der Waals surface area contributed by atoms with Crippen LogP contribution in [0.2, 0.25) is 0 Å². The summed E-state index contributed by atoms with van der Waals surface area (Å²) in [5.41, 5.74) is 7.23. The first-order valence-electron chi connectivity index (χ1n) is 14.8. The van der Waals surface area contributed by atoms with Crippen molar-refractivity contribution in [3.05, 3.63) is 146 Å². The molecule has 0 aliphatic carbocycles. The second-order valence-corrected chi connectivity index (χ2v) is 11.7. The quantitative estimate of drug-likeness (QED) is 0.197. The Morgan fingerprint density at radius 3 is 1.93 bits per heavy atom. The lowest BCUT2D eigenvalue weighted by Crippen LogP contribution is -1.98. The maximum Gasteiger partial charge on any atom is 0.136 e. The first-order valence-corrected chi connectivity index (χ1v) is 14.8. The lowest BCUT2D eigenvalue weighted by atomic mass is 9.88. The molecule has 1 aliphatic heterocycles. The lowest BCUT2D eigenvalue weighted by molar-refractivity contribution is 0.488. The monoisotopic (exact) mass is 544 g/mol. The van der Waals surface area contributed by atoms with Crippen LogP contribution in [0.25, 0.3) is 87.2 Å². The van der Waals surface area contributed by atoms with E-state index in [0.717, 1.165) is 17.1 Å². The molecule has 9 aromatic carbocycles. The van der Waals surface area contributed by atoms with E-state index < -0.39 is 0 Å². The van der Waals surface area contributed by atoms with Gasteiger partial charge in [0.1, 0.15) is 11.5 Å². The Bertz CT molecular complexity index is 2570. The standard InChI is InChI=1S/C42H24O/c1-2-11-32-31(6-1)24-39-42-34(32)12-5-13-35(42)37-23-29(18-21-38(37)43-39)28-9-4-10-30(22-28)33-19-16-27-15-14-25-7-3-8-26-17-20-36(33)41(27)40(25)26/h1-24H. The van der Waals surface area contributed by atoms with Gasteiger partial charge in [-0.3, -0.25) is 0 Å². The number of hydrogen-bond donors (Lipinski definition) is 0. The average Bonchev–Trinajstić information content (AvgIpc) is 3.07. The fraction of sp³-hybridized carbons (Fsp3) is 0. The molecular weight excluding hydrogens is 520 g/mol. The summed E-state index contributed by atoms with van der Waals surface area (Å²) in [7, 11) is 0. The second-order valence-electron chi connectivity index (χ2n) is 11.7. The third kappa shape index (κ3) is 3.22. The van der Waals surface area contributed by atoms with Crippen LogP contribution in [-0.2, 0) is 0 Å². The van der Waals surface area contributed by atoms with E-state index in [4.69, 9.17) is 4.74 Å². The predicted molar refractivity (Wildman–Crippen MR) is 182 cm³/mol. The van der Waals surface area contributed by atoms with Gasteiger partial charge in [-0.25, -0.2) is 0 Å². The van der Waals surface area contributed by atoms with E-state index in [-0.39, 0.29) is 0 Å². The van der Waals surface area contributed by atoms with Gasteiger partial charge in [-0.15, -0.1) is 0 Å². The molecule has 0 amide bonds. The Balaban J connectivity index is 1.14. The highest BCUT2D eigenvalue weighted by Gasteiger charge is 2.22. The number of ether oxygens (including phenoxy) is 1. The molecule has 0 saturated carbocycles. The Kier molecular flexibility index (Phi) is 4.51. The molecule has 0 saturated heterocycles. The Morgan fingerprint density at radius 2 is 1.00 bits per heavy atom. The van der Waals surface area contributed by atoms with Crippen molar-refractivity contribution in [1.82, 2.24) is 0 Å². The fourth-order valence-corrected chi connectivity index (χ4v) is 7.41. The first-order chi connectivity index (χ1) is 21.3. The molecule has 1 heterocycles. The van der Waals surface area contributed by atoms with Crippen LogP contribution < -0.4 is 4.74 Å². The zero-order chi connectivity index (χ0) is 28.1. The van der Waals surface area contributed by atoms with Crippen LogP contribution in [0.15, 0.2) is 146 Å². The third-order valence-electron chi connectivity index (χ3n) is 9.37. The van der Waals surface area contributed by atoms with Crippen molar-refractivity contribution in [3.8, 4) is 44.9 Å². The van der Waals surface area contributed by atoms with Gasteiger partial charge >= 0.3 is 0 Å². The van der Waals surface area contributed by atoms with Crippen molar-refractivity contribution in [2.45, 2.75) is 0 Å². The predicted octanol–water partition coefficient (Wildman–Crippen LogP) is 12.0. The summed E-state index contributed by atoms with van der Waals surface area (Å²) < 4.78 is 6.55. The highest BCUT2D eigenvalue weighted by atomic mass is 16.5. The molecule has 43 heavy (non-hydrogen) atoms. The van der Waals surface area contributed by atoms with E-state index >= 15 is 0 Å². The number of fused-ring (bicyclic) bond motifs is 4. The van der Waals surface area contributed by atoms with Crippen LogP contribution in [0.3, 0.4) is 0 Å². The maximum atomic E-state index is 6.55. The molecule has 9 aromatic rings.